The van der Waals surface area contributed by atoms with Crippen LogP contribution in [0.5, 0.6) is 0 Å². The molecule has 1 N–H and O–H groups in total. The van der Waals surface area contributed by atoms with Crippen molar-refractivity contribution in [1.82, 2.24) is 0 Å². The molecule has 8 atom stereocenters. The Morgan fingerprint density at radius 3 is 2.37 bits per heavy atom. The summed E-state index contributed by atoms with van der Waals surface area (Å²) < 4.78 is 4.78. The van der Waals surface area contributed by atoms with Crippen LogP contribution in [0.4, 0.5) is 0 Å². The second-order valence-corrected chi connectivity index (χ2v) is 11.0. The molecular weight excluding hydrogens is 380 g/mol. The summed E-state index contributed by atoms with van der Waals surface area (Å²) >= 11 is 0. The van der Waals surface area contributed by atoms with Crippen molar-refractivity contribution in [3.05, 3.63) is 0 Å². The summed E-state index contributed by atoms with van der Waals surface area (Å²) in [6, 6.07) is 0. The van der Waals surface area contributed by atoms with E-state index in [2.05, 4.69) is 13.8 Å². The molecule has 4 aliphatic rings. The standard InChI is InChI=1S/C25H38O5/c1-4-30-23(29)22(28)14-21(27)20-8-7-18-17-6-5-15-13-16(26)9-11-24(15,2)19(17)10-12-25(18,20)3/h15-20,26H,4-14H2,1-3H3. The zero-order valence-electron chi connectivity index (χ0n) is 18.8. The largest absolute Gasteiger partial charge is 0.460 e. The number of carbonyl (C=O) groups is 3. The normalized spacial score (nSPS) is 45.1. The fraction of sp³-hybridized carbons (Fsp3) is 0.880. The molecule has 4 rings (SSSR count). The first-order valence-corrected chi connectivity index (χ1v) is 12.1. The minimum absolute atomic E-state index is 0.0510. The number of hydrogen-bond donors (Lipinski definition) is 1. The van der Waals surface area contributed by atoms with Gasteiger partial charge >= 0.3 is 5.97 Å². The van der Waals surface area contributed by atoms with E-state index in [9.17, 15) is 19.5 Å². The van der Waals surface area contributed by atoms with E-state index in [0.717, 1.165) is 44.9 Å². The summed E-state index contributed by atoms with van der Waals surface area (Å²) in [6.07, 6.45) is 9.07. The van der Waals surface area contributed by atoms with Crippen LogP contribution in [0.1, 0.15) is 85.0 Å². The first-order valence-electron chi connectivity index (χ1n) is 12.1. The maximum absolute atomic E-state index is 13.1. The van der Waals surface area contributed by atoms with Crippen molar-refractivity contribution in [2.45, 2.75) is 91.1 Å². The predicted molar refractivity (Wildman–Crippen MR) is 112 cm³/mol. The fourth-order valence-electron chi connectivity index (χ4n) is 8.33. The zero-order chi connectivity index (χ0) is 21.7. The van der Waals surface area contributed by atoms with E-state index < -0.39 is 11.8 Å². The predicted octanol–water partition coefficient (Wildman–Crippen LogP) is 4.10. The smallest absolute Gasteiger partial charge is 0.375 e. The zero-order valence-corrected chi connectivity index (χ0v) is 18.8. The van der Waals surface area contributed by atoms with E-state index in [4.69, 9.17) is 4.74 Å². The molecule has 0 amide bonds. The Balaban J connectivity index is 1.48. The molecule has 5 heteroatoms. The van der Waals surface area contributed by atoms with Crippen molar-refractivity contribution in [2.75, 3.05) is 6.61 Å². The Morgan fingerprint density at radius 2 is 1.63 bits per heavy atom. The molecule has 0 saturated heterocycles. The highest BCUT2D eigenvalue weighted by Crippen LogP contribution is 2.67. The van der Waals surface area contributed by atoms with E-state index in [1.165, 1.54) is 12.8 Å². The van der Waals surface area contributed by atoms with Gasteiger partial charge in [-0.25, -0.2) is 4.79 Å². The summed E-state index contributed by atoms with van der Waals surface area (Å²) in [4.78, 5) is 36.9. The van der Waals surface area contributed by atoms with Crippen molar-refractivity contribution in [3.8, 4) is 0 Å². The number of Topliss-reactive ketones (excluding diaryl/α,β-unsaturated/α-hetero) is 2. The van der Waals surface area contributed by atoms with E-state index in [-0.39, 0.29) is 36.2 Å². The highest BCUT2D eigenvalue weighted by atomic mass is 16.5. The molecule has 30 heavy (non-hydrogen) atoms. The lowest BCUT2D eigenvalue weighted by atomic mass is 9.44. The van der Waals surface area contributed by atoms with Crippen molar-refractivity contribution >= 4 is 17.5 Å². The molecule has 4 saturated carbocycles. The monoisotopic (exact) mass is 418 g/mol. The summed E-state index contributed by atoms with van der Waals surface area (Å²) in [5, 5.41) is 10.2. The maximum Gasteiger partial charge on any atom is 0.375 e. The van der Waals surface area contributed by atoms with Gasteiger partial charge < -0.3 is 9.84 Å². The first kappa shape index (κ1) is 22.0. The van der Waals surface area contributed by atoms with Crippen LogP contribution in [0.15, 0.2) is 0 Å². The van der Waals surface area contributed by atoms with E-state index in [1.54, 1.807) is 6.92 Å². The molecule has 4 aliphatic carbocycles. The second kappa shape index (κ2) is 8.03. The number of aliphatic hydroxyl groups excluding tert-OH is 1. The molecule has 8 unspecified atom stereocenters. The molecule has 0 spiro atoms. The van der Waals surface area contributed by atoms with Gasteiger partial charge in [0.1, 0.15) is 5.78 Å². The topological polar surface area (TPSA) is 80.7 Å². The molecule has 0 aliphatic heterocycles. The van der Waals surface area contributed by atoms with Gasteiger partial charge in [0.15, 0.2) is 0 Å². The van der Waals surface area contributed by atoms with Gasteiger partial charge in [-0.15, -0.1) is 0 Å². The van der Waals surface area contributed by atoms with Crippen LogP contribution in [-0.4, -0.2) is 35.4 Å². The number of ether oxygens (including phenoxy) is 1. The van der Waals surface area contributed by atoms with Crippen LogP contribution in [0, 0.1) is 40.4 Å². The van der Waals surface area contributed by atoms with Gasteiger partial charge in [-0.2, -0.15) is 0 Å². The van der Waals surface area contributed by atoms with E-state index in [1.807, 2.05) is 0 Å². The third kappa shape index (κ3) is 3.45. The van der Waals surface area contributed by atoms with Gasteiger partial charge in [0.05, 0.1) is 19.1 Å². The number of carbonyl (C=O) groups excluding carboxylic acids is 3. The lowest BCUT2D eigenvalue weighted by molar-refractivity contribution is -0.155. The van der Waals surface area contributed by atoms with Gasteiger partial charge in [-0.1, -0.05) is 13.8 Å². The van der Waals surface area contributed by atoms with Crippen LogP contribution in [-0.2, 0) is 19.1 Å². The van der Waals surface area contributed by atoms with Crippen molar-refractivity contribution < 1.29 is 24.2 Å². The third-order valence-electron chi connectivity index (χ3n) is 9.86. The van der Waals surface area contributed by atoms with Crippen LogP contribution >= 0.6 is 0 Å². The van der Waals surface area contributed by atoms with Gasteiger partial charge in [0.25, 0.3) is 0 Å². The molecule has 5 nitrogen and oxygen atoms in total. The Labute approximate surface area is 180 Å². The lowest BCUT2D eigenvalue weighted by Gasteiger charge is -2.60. The minimum Gasteiger partial charge on any atom is -0.460 e. The summed E-state index contributed by atoms with van der Waals surface area (Å²) in [5.41, 5.74) is 0.274. The summed E-state index contributed by atoms with van der Waals surface area (Å²) in [6.45, 7) is 6.56. The van der Waals surface area contributed by atoms with E-state index in [0.29, 0.717) is 29.1 Å². The third-order valence-corrected chi connectivity index (χ3v) is 9.86. The number of ketones is 2. The van der Waals surface area contributed by atoms with Crippen LogP contribution in [0.3, 0.4) is 0 Å². The number of rotatable bonds is 5. The summed E-state index contributed by atoms with van der Waals surface area (Å²) in [5.74, 6) is 0.769. The fourth-order valence-corrected chi connectivity index (χ4v) is 8.33. The summed E-state index contributed by atoms with van der Waals surface area (Å²) in [7, 11) is 0. The Morgan fingerprint density at radius 1 is 0.933 bits per heavy atom. The molecule has 0 aromatic heterocycles. The highest BCUT2D eigenvalue weighted by Gasteiger charge is 2.61. The number of hydrogen-bond acceptors (Lipinski definition) is 5. The highest BCUT2D eigenvalue weighted by molar-refractivity contribution is 6.37. The molecule has 0 bridgehead atoms. The van der Waals surface area contributed by atoms with Gasteiger partial charge in [0, 0.05) is 5.92 Å². The molecule has 0 heterocycles. The van der Waals surface area contributed by atoms with Crippen LogP contribution in [0.2, 0.25) is 0 Å². The number of esters is 1. The van der Waals surface area contributed by atoms with Gasteiger partial charge in [-0.3, -0.25) is 9.59 Å². The Kier molecular flexibility index (Phi) is 5.89. The van der Waals surface area contributed by atoms with Crippen LogP contribution in [0.25, 0.3) is 0 Å². The van der Waals surface area contributed by atoms with Gasteiger partial charge in [-0.05, 0) is 99.2 Å². The number of fused-ring (bicyclic) bond motifs is 5. The molecule has 4 fully saturated rings. The maximum atomic E-state index is 13.1. The van der Waals surface area contributed by atoms with Crippen LogP contribution < -0.4 is 0 Å². The average molecular weight is 419 g/mol. The molecule has 0 aromatic carbocycles. The molecular formula is C25H38O5. The minimum atomic E-state index is -0.875. The lowest BCUT2D eigenvalue weighted by Crippen LogP contribution is -2.54. The quantitative estimate of drug-likeness (QED) is 0.413. The number of aliphatic hydroxyl groups is 1. The van der Waals surface area contributed by atoms with Gasteiger partial charge in [0.2, 0.25) is 5.78 Å². The average Bonchev–Trinajstić information content (AvgIpc) is 3.06. The Bertz CT molecular complexity index is 716. The Hall–Kier alpha value is -1.23. The molecule has 168 valence electrons. The SMILES string of the molecule is CCOC(=O)C(=O)CC(=O)C1CCC2C3CCC4CC(O)CCC4(C)C3CCC12C. The molecule has 0 radical (unpaired) electrons. The second-order valence-electron chi connectivity index (χ2n) is 11.0. The van der Waals surface area contributed by atoms with Crippen molar-refractivity contribution in [3.63, 3.8) is 0 Å². The first-order chi connectivity index (χ1) is 14.2. The van der Waals surface area contributed by atoms with Crippen molar-refractivity contribution in [1.29, 1.82) is 0 Å². The molecule has 0 aromatic rings. The van der Waals surface area contributed by atoms with Crippen molar-refractivity contribution in [2.24, 2.45) is 40.4 Å². The van der Waals surface area contributed by atoms with E-state index >= 15 is 0 Å².